The summed E-state index contributed by atoms with van der Waals surface area (Å²) in [6.07, 6.45) is 2.03. The maximum absolute atomic E-state index is 9.37. The van der Waals surface area contributed by atoms with Gasteiger partial charge in [0, 0.05) is 6.54 Å². The molecular weight excluding hydrogens is 250 g/mol. The molecule has 1 fully saturated rings. The molecule has 3 rings (SSSR count). The normalized spacial score (nSPS) is 19.7. The summed E-state index contributed by atoms with van der Waals surface area (Å²) in [5.41, 5.74) is 1.63. The molecule has 4 nitrogen and oxygen atoms in total. The minimum Gasteiger partial charge on any atom is -0.394 e. The number of fused-ring (bicyclic) bond motifs is 1. The zero-order valence-corrected chi connectivity index (χ0v) is 10.6. The van der Waals surface area contributed by atoms with Crippen LogP contribution in [0.15, 0.2) is 24.3 Å². The largest absolute Gasteiger partial charge is 0.394 e. The molecule has 0 bridgehead atoms. The fraction of sp³-hybridized carbons (Fsp3) is 0.385. The number of nitrogens with zero attached hydrogens (tertiary/aromatic N) is 3. The molecule has 1 saturated heterocycles. The maximum atomic E-state index is 9.37. The highest BCUT2D eigenvalue weighted by atomic mass is 35.5. The molecule has 94 valence electrons. The van der Waals surface area contributed by atoms with Gasteiger partial charge in [-0.05, 0) is 25.0 Å². The van der Waals surface area contributed by atoms with Crippen LogP contribution in [0.3, 0.4) is 0 Å². The highest BCUT2D eigenvalue weighted by molar-refractivity contribution is 6.32. The number of aliphatic hydroxyl groups is 1. The average Bonchev–Trinajstić information content (AvgIpc) is 2.86. The van der Waals surface area contributed by atoms with Crippen molar-refractivity contribution in [3.8, 4) is 0 Å². The van der Waals surface area contributed by atoms with E-state index < -0.39 is 0 Å². The van der Waals surface area contributed by atoms with E-state index in [9.17, 15) is 5.11 Å². The number of anilines is 1. The number of benzene rings is 1. The summed E-state index contributed by atoms with van der Waals surface area (Å²) in [4.78, 5) is 11.0. The van der Waals surface area contributed by atoms with E-state index in [1.807, 2.05) is 24.3 Å². The second-order valence-corrected chi connectivity index (χ2v) is 4.86. The van der Waals surface area contributed by atoms with Crippen LogP contribution >= 0.6 is 11.6 Å². The number of hydrogen-bond donors (Lipinski definition) is 1. The highest BCUT2D eigenvalue weighted by Crippen LogP contribution is 2.30. The van der Waals surface area contributed by atoms with Gasteiger partial charge in [0.1, 0.15) is 0 Å². The predicted molar refractivity (Wildman–Crippen MR) is 72.0 cm³/mol. The average molecular weight is 264 g/mol. The van der Waals surface area contributed by atoms with E-state index in [1.54, 1.807) is 0 Å². The van der Waals surface area contributed by atoms with Crippen molar-refractivity contribution >= 4 is 28.5 Å². The minimum atomic E-state index is 0.109. The van der Waals surface area contributed by atoms with Crippen LogP contribution in [-0.4, -0.2) is 34.3 Å². The van der Waals surface area contributed by atoms with Crippen LogP contribution in [0.25, 0.3) is 11.0 Å². The Morgan fingerprint density at radius 3 is 2.72 bits per heavy atom. The van der Waals surface area contributed by atoms with Crippen molar-refractivity contribution in [3.63, 3.8) is 0 Å². The summed E-state index contributed by atoms with van der Waals surface area (Å²) in [5, 5.41) is 9.78. The molecule has 1 aliphatic rings. The first kappa shape index (κ1) is 11.7. The summed E-state index contributed by atoms with van der Waals surface area (Å²) in [6, 6.07) is 7.78. The molecule has 1 aliphatic heterocycles. The number of aromatic nitrogens is 2. The molecule has 0 saturated carbocycles. The van der Waals surface area contributed by atoms with E-state index in [4.69, 9.17) is 11.6 Å². The van der Waals surface area contributed by atoms with Crippen LogP contribution in [0.2, 0.25) is 5.15 Å². The van der Waals surface area contributed by atoms with Gasteiger partial charge in [0.2, 0.25) is 0 Å². The van der Waals surface area contributed by atoms with E-state index in [1.165, 1.54) is 0 Å². The number of para-hydroxylation sites is 2. The lowest BCUT2D eigenvalue weighted by Gasteiger charge is -2.24. The Labute approximate surface area is 110 Å². The Kier molecular flexibility index (Phi) is 3.06. The molecule has 0 amide bonds. The number of halogens is 1. The Hall–Kier alpha value is -1.39. The Morgan fingerprint density at radius 2 is 2.00 bits per heavy atom. The van der Waals surface area contributed by atoms with Crippen LogP contribution < -0.4 is 4.90 Å². The molecule has 5 heteroatoms. The zero-order valence-electron chi connectivity index (χ0n) is 9.88. The lowest BCUT2D eigenvalue weighted by atomic mass is 10.2. The molecule has 2 heterocycles. The molecule has 1 N–H and O–H groups in total. The lowest BCUT2D eigenvalue weighted by Crippen LogP contribution is -2.33. The van der Waals surface area contributed by atoms with Gasteiger partial charge in [-0.3, -0.25) is 0 Å². The third kappa shape index (κ3) is 1.91. The molecule has 1 atom stereocenters. The maximum Gasteiger partial charge on any atom is 0.172 e. The molecule has 18 heavy (non-hydrogen) atoms. The van der Waals surface area contributed by atoms with Crippen molar-refractivity contribution in [3.05, 3.63) is 29.4 Å². The Bertz CT molecular complexity index is 575. The van der Waals surface area contributed by atoms with Crippen LogP contribution in [0.1, 0.15) is 12.8 Å². The van der Waals surface area contributed by atoms with E-state index in [2.05, 4.69) is 14.9 Å². The predicted octanol–water partition coefficient (Wildman–Crippen LogP) is 2.24. The number of hydrogen-bond acceptors (Lipinski definition) is 4. The van der Waals surface area contributed by atoms with Gasteiger partial charge >= 0.3 is 0 Å². The summed E-state index contributed by atoms with van der Waals surface area (Å²) in [7, 11) is 0. The molecule has 0 radical (unpaired) electrons. The van der Waals surface area contributed by atoms with Crippen molar-refractivity contribution in [2.75, 3.05) is 18.1 Å². The van der Waals surface area contributed by atoms with Crippen molar-refractivity contribution in [2.45, 2.75) is 18.9 Å². The van der Waals surface area contributed by atoms with Crippen LogP contribution in [0.5, 0.6) is 0 Å². The summed E-state index contributed by atoms with van der Waals surface area (Å²) >= 11 is 6.21. The smallest absolute Gasteiger partial charge is 0.172 e. The van der Waals surface area contributed by atoms with Gasteiger partial charge in [0.15, 0.2) is 11.0 Å². The van der Waals surface area contributed by atoms with Gasteiger partial charge < -0.3 is 10.0 Å². The zero-order chi connectivity index (χ0) is 12.5. The molecule has 0 spiro atoms. The molecular formula is C13H14ClN3O. The van der Waals surface area contributed by atoms with Gasteiger partial charge in [-0.25, -0.2) is 9.97 Å². The highest BCUT2D eigenvalue weighted by Gasteiger charge is 2.27. The van der Waals surface area contributed by atoms with E-state index >= 15 is 0 Å². The molecule has 0 unspecified atom stereocenters. The third-order valence-electron chi connectivity index (χ3n) is 3.37. The first-order chi connectivity index (χ1) is 8.79. The fourth-order valence-electron chi connectivity index (χ4n) is 2.46. The monoisotopic (exact) mass is 263 g/mol. The van der Waals surface area contributed by atoms with Crippen molar-refractivity contribution in [1.29, 1.82) is 0 Å². The van der Waals surface area contributed by atoms with Gasteiger partial charge in [-0.1, -0.05) is 23.7 Å². The quantitative estimate of drug-likeness (QED) is 0.903. The van der Waals surface area contributed by atoms with Gasteiger partial charge in [-0.2, -0.15) is 0 Å². The molecule has 2 aromatic rings. The van der Waals surface area contributed by atoms with E-state index in [-0.39, 0.29) is 12.6 Å². The molecule has 1 aromatic heterocycles. The third-order valence-corrected chi connectivity index (χ3v) is 3.62. The van der Waals surface area contributed by atoms with Gasteiger partial charge in [0.25, 0.3) is 0 Å². The summed E-state index contributed by atoms with van der Waals surface area (Å²) < 4.78 is 0. The molecule has 1 aromatic carbocycles. The van der Waals surface area contributed by atoms with Gasteiger partial charge in [-0.15, -0.1) is 0 Å². The Morgan fingerprint density at radius 1 is 1.28 bits per heavy atom. The lowest BCUT2D eigenvalue weighted by molar-refractivity contribution is 0.266. The summed E-state index contributed by atoms with van der Waals surface area (Å²) in [6.45, 7) is 1.00. The number of rotatable bonds is 2. The molecule has 0 aliphatic carbocycles. The second kappa shape index (κ2) is 4.71. The SMILES string of the molecule is OC[C@@H]1CCCN1c1nc2ccccc2nc1Cl. The topological polar surface area (TPSA) is 49.2 Å². The van der Waals surface area contributed by atoms with E-state index in [0.717, 1.165) is 30.4 Å². The first-order valence-corrected chi connectivity index (χ1v) is 6.47. The standard InChI is InChI=1S/C13H14ClN3O/c14-12-13(17-7-3-4-9(17)8-18)16-11-6-2-1-5-10(11)15-12/h1-2,5-6,9,18H,3-4,7-8H2/t9-/m0/s1. The van der Waals surface area contributed by atoms with Crippen LogP contribution in [0, 0.1) is 0 Å². The second-order valence-electron chi connectivity index (χ2n) is 4.50. The minimum absolute atomic E-state index is 0.109. The fourth-order valence-corrected chi connectivity index (χ4v) is 2.70. The van der Waals surface area contributed by atoms with Crippen molar-refractivity contribution in [1.82, 2.24) is 9.97 Å². The van der Waals surface area contributed by atoms with Crippen LogP contribution in [0.4, 0.5) is 5.82 Å². The Balaban J connectivity index is 2.08. The van der Waals surface area contributed by atoms with Crippen LogP contribution in [-0.2, 0) is 0 Å². The van der Waals surface area contributed by atoms with Gasteiger partial charge in [0.05, 0.1) is 23.7 Å². The van der Waals surface area contributed by atoms with Crippen molar-refractivity contribution in [2.24, 2.45) is 0 Å². The van der Waals surface area contributed by atoms with E-state index in [0.29, 0.717) is 11.0 Å². The van der Waals surface area contributed by atoms with Crippen molar-refractivity contribution < 1.29 is 5.11 Å². The first-order valence-electron chi connectivity index (χ1n) is 6.09. The number of aliphatic hydroxyl groups excluding tert-OH is 1. The summed E-state index contributed by atoms with van der Waals surface area (Å²) in [5.74, 6) is 0.687.